The lowest BCUT2D eigenvalue weighted by Gasteiger charge is -2.03. The lowest BCUT2D eigenvalue weighted by Crippen LogP contribution is -1.99. The standard InChI is InChI=1S/C10H9NO2/c1-7-6-11-10(13-7)8-4-2-3-5-9(8)12/h2-5,12H,1,6H2. The van der Waals surface area contributed by atoms with Gasteiger partial charge in [0.15, 0.2) is 0 Å². The van der Waals surface area contributed by atoms with Crippen LogP contribution in [0.15, 0.2) is 41.6 Å². The Kier molecular flexibility index (Phi) is 1.77. The number of para-hydroxylation sites is 1. The molecule has 0 saturated carbocycles. The first-order valence-corrected chi connectivity index (χ1v) is 3.96. The Morgan fingerprint density at radius 2 is 2.15 bits per heavy atom. The highest BCUT2D eigenvalue weighted by Crippen LogP contribution is 2.21. The molecule has 1 aliphatic heterocycles. The second-order valence-corrected chi connectivity index (χ2v) is 2.78. The normalized spacial score (nSPS) is 15.4. The van der Waals surface area contributed by atoms with E-state index in [1.165, 1.54) is 0 Å². The molecule has 3 heteroatoms. The largest absolute Gasteiger partial charge is 0.507 e. The Morgan fingerprint density at radius 1 is 1.38 bits per heavy atom. The third-order valence-corrected chi connectivity index (χ3v) is 1.77. The Labute approximate surface area is 76.0 Å². The molecule has 0 spiro atoms. The molecule has 0 radical (unpaired) electrons. The van der Waals surface area contributed by atoms with Crippen LogP contribution < -0.4 is 0 Å². The summed E-state index contributed by atoms with van der Waals surface area (Å²) in [6, 6.07) is 6.93. The van der Waals surface area contributed by atoms with Crippen molar-refractivity contribution in [2.45, 2.75) is 0 Å². The monoisotopic (exact) mass is 175 g/mol. The van der Waals surface area contributed by atoms with Crippen LogP contribution in [-0.4, -0.2) is 17.5 Å². The molecule has 0 bridgehead atoms. The van der Waals surface area contributed by atoms with Crippen LogP contribution in [-0.2, 0) is 4.74 Å². The maximum Gasteiger partial charge on any atom is 0.225 e. The van der Waals surface area contributed by atoms with Gasteiger partial charge < -0.3 is 9.84 Å². The van der Waals surface area contributed by atoms with Crippen molar-refractivity contribution < 1.29 is 9.84 Å². The molecule has 1 aromatic carbocycles. The Balaban J connectivity index is 2.37. The van der Waals surface area contributed by atoms with Crippen molar-refractivity contribution in [3.8, 4) is 5.75 Å². The van der Waals surface area contributed by atoms with Gasteiger partial charge >= 0.3 is 0 Å². The number of nitrogens with zero attached hydrogens (tertiary/aromatic N) is 1. The fourth-order valence-corrected chi connectivity index (χ4v) is 1.16. The first kappa shape index (κ1) is 7.86. The second-order valence-electron chi connectivity index (χ2n) is 2.78. The average molecular weight is 175 g/mol. The van der Waals surface area contributed by atoms with E-state index in [9.17, 15) is 5.11 Å². The molecule has 0 saturated heterocycles. The van der Waals surface area contributed by atoms with E-state index in [0.29, 0.717) is 23.8 Å². The smallest absolute Gasteiger partial charge is 0.225 e. The van der Waals surface area contributed by atoms with Crippen molar-refractivity contribution in [2.75, 3.05) is 6.54 Å². The first-order chi connectivity index (χ1) is 6.27. The summed E-state index contributed by atoms with van der Waals surface area (Å²) in [5.74, 6) is 1.23. The number of aromatic hydroxyl groups is 1. The minimum atomic E-state index is 0.177. The van der Waals surface area contributed by atoms with Crippen LogP contribution in [0.25, 0.3) is 0 Å². The minimum absolute atomic E-state index is 0.177. The summed E-state index contributed by atoms with van der Waals surface area (Å²) in [5.41, 5.74) is 0.612. The molecule has 1 aliphatic rings. The molecule has 0 amide bonds. The van der Waals surface area contributed by atoms with E-state index in [1.54, 1.807) is 18.2 Å². The van der Waals surface area contributed by atoms with Gasteiger partial charge in [0.05, 0.1) is 5.56 Å². The molecule has 3 nitrogen and oxygen atoms in total. The zero-order valence-corrected chi connectivity index (χ0v) is 7.03. The summed E-state index contributed by atoms with van der Waals surface area (Å²) in [6.45, 7) is 4.12. The van der Waals surface area contributed by atoms with Gasteiger partial charge in [-0.1, -0.05) is 18.7 Å². The van der Waals surface area contributed by atoms with Gasteiger partial charge in [-0.05, 0) is 12.1 Å². The molecule has 1 aromatic rings. The molecule has 66 valence electrons. The summed E-state index contributed by atoms with van der Waals surface area (Å²) in [5, 5.41) is 9.47. The fourth-order valence-electron chi connectivity index (χ4n) is 1.16. The maximum atomic E-state index is 9.47. The number of benzene rings is 1. The molecule has 13 heavy (non-hydrogen) atoms. The number of hydrogen-bond donors (Lipinski definition) is 1. The van der Waals surface area contributed by atoms with Crippen LogP contribution in [0.5, 0.6) is 5.75 Å². The van der Waals surface area contributed by atoms with E-state index in [0.717, 1.165) is 0 Å². The number of hydrogen-bond acceptors (Lipinski definition) is 3. The lowest BCUT2D eigenvalue weighted by molar-refractivity contribution is 0.434. The highest BCUT2D eigenvalue weighted by Gasteiger charge is 2.15. The third kappa shape index (κ3) is 1.40. The highest BCUT2D eigenvalue weighted by molar-refractivity contribution is 5.98. The summed E-state index contributed by atoms with van der Waals surface area (Å²) in [7, 11) is 0. The predicted octanol–water partition coefficient (Wildman–Crippen LogP) is 1.68. The Morgan fingerprint density at radius 3 is 2.77 bits per heavy atom. The Bertz CT molecular complexity index is 382. The number of phenols is 1. The van der Waals surface area contributed by atoms with Crippen molar-refractivity contribution in [1.82, 2.24) is 0 Å². The van der Waals surface area contributed by atoms with E-state index >= 15 is 0 Å². The number of phenolic OH excluding ortho intramolecular Hbond substituents is 1. The molecule has 0 aliphatic carbocycles. The van der Waals surface area contributed by atoms with Gasteiger partial charge in [0, 0.05) is 0 Å². The molecule has 0 fully saturated rings. The van der Waals surface area contributed by atoms with Crippen LogP contribution in [0.2, 0.25) is 0 Å². The van der Waals surface area contributed by atoms with Crippen molar-refractivity contribution >= 4 is 5.90 Å². The van der Waals surface area contributed by atoms with Gasteiger partial charge in [0.1, 0.15) is 18.1 Å². The number of rotatable bonds is 1. The van der Waals surface area contributed by atoms with Gasteiger partial charge in [-0.25, -0.2) is 4.99 Å². The van der Waals surface area contributed by atoms with Gasteiger partial charge in [0.2, 0.25) is 5.90 Å². The minimum Gasteiger partial charge on any atom is -0.507 e. The molecule has 0 atom stereocenters. The molecule has 1 N–H and O–H groups in total. The quantitative estimate of drug-likeness (QED) is 0.705. The van der Waals surface area contributed by atoms with Gasteiger partial charge in [-0.15, -0.1) is 0 Å². The maximum absolute atomic E-state index is 9.47. The zero-order valence-electron chi connectivity index (χ0n) is 7.03. The first-order valence-electron chi connectivity index (χ1n) is 3.96. The van der Waals surface area contributed by atoms with E-state index in [2.05, 4.69) is 11.6 Å². The van der Waals surface area contributed by atoms with E-state index in [4.69, 9.17) is 4.74 Å². The van der Waals surface area contributed by atoms with Gasteiger partial charge in [0.25, 0.3) is 0 Å². The van der Waals surface area contributed by atoms with Gasteiger partial charge in [-0.2, -0.15) is 0 Å². The SMILES string of the molecule is C=C1CN=C(c2ccccc2O)O1. The fraction of sp³-hybridized carbons (Fsp3) is 0.100. The van der Waals surface area contributed by atoms with Crippen LogP contribution in [0, 0.1) is 0 Å². The molecule has 0 aromatic heterocycles. The molecule has 2 rings (SSSR count). The number of ether oxygens (including phenoxy) is 1. The van der Waals surface area contributed by atoms with Crippen LogP contribution in [0.4, 0.5) is 0 Å². The van der Waals surface area contributed by atoms with Crippen LogP contribution >= 0.6 is 0 Å². The third-order valence-electron chi connectivity index (χ3n) is 1.77. The summed E-state index contributed by atoms with van der Waals surface area (Å²) in [6.07, 6.45) is 0. The average Bonchev–Trinajstić information content (AvgIpc) is 2.53. The molecular formula is C10H9NO2. The van der Waals surface area contributed by atoms with Gasteiger partial charge in [-0.3, -0.25) is 0 Å². The summed E-state index contributed by atoms with van der Waals surface area (Å²) in [4.78, 5) is 4.08. The molecule has 0 unspecified atom stereocenters. The molecular weight excluding hydrogens is 166 g/mol. The Hall–Kier alpha value is -1.77. The van der Waals surface area contributed by atoms with Crippen molar-refractivity contribution in [3.63, 3.8) is 0 Å². The van der Waals surface area contributed by atoms with Crippen molar-refractivity contribution in [1.29, 1.82) is 0 Å². The highest BCUT2D eigenvalue weighted by atomic mass is 16.5. The van der Waals surface area contributed by atoms with E-state index in [-0.39, 0.29) is 5.75 Å². The van der Waals surface area contributed by atoms with Crippen LogP contribution in [0.1, 0.15) is 5.56 Å². The topological polar surface area (TPSA) is 41.8 Å². The van der Waals surface area contributed by atoms with Crippen molar-refractivity contribution in [2.24, 2.45) is 4.99 Å². The predicted molar refractivity (Wildman–Crippen MR) is 49.7 cm³/mol. The second kappa shape index (κ2) is 2.94. The zero-order chi connectivity index (χ0) is 9.26. The molecule has 1 heterocycles. The van der Waals surface area contributed by atoms with E-state index < -0.39 is 0 Å². The van der Waals surface area contributed by atoms with E-state index in [1.807, 2.05) is 6.07 Å². The summed E-state index contributed by atoms with van der Waals surface area (Å²) >= 11 is 0. The van der Waals surface area contributed by atoms with Crippen LogP contribution in [0.3, 0.4) is 0 Å². The number of aliphatic imine (C=N–C) groups is 1. The lowest BCUT2D eigenvalue weighted by atomic mass is 10.2. The van der Waals surface area contributed by atoms with Crippen molar-refractivity contribution in [3.05, 3.63) is 42.2 Å². The summed E-state index contributed by atoms with van der Waals surface area (Å²) < 4.78 is 5.22.